The Labute approximate surface area is 117 Å². The van der Waals surface area contributed by atoms with E-state index in [9.17, 15) is 8.42 Å². The first-order valence-electron chi connectivity index (χ1n) is 6.28. The number of nitrogens with zero attached hydrogens (tertiary/aromatic N) is 3. The normalized spacial score (nSPS) is 21.7. The summed E-state index contributed by atoms with van der Waals surface area (Å²) >= 11 is 1.78. The number of thioether (sulfide) groups is 1. The van der Waals surface area contributed by atoms with Gasteiger partial charge in [-0.25, -0.2) is 8.42 Å². The highest BCUT2D eigenvalue weighted by molar-refractivity contribution is 7.99. The van der Waals surface area contributed by atoms with Crippen molar-refractivity contribution in [3.05, 3.63) is 12.4 Å². The van der Waals surface area contributed by atoms with Gasteiger partial charge in [0.05, 0.1) is 6.20 Å². The first-order valence-corrected chi connectivity index (χ1v) is 8.88. The fourth-order valence-electron chi connectivity index (χ4n) is 2.04. The van der Waals surface area contributed by atoms with Gasteiger partial charge in [0, 0.05) is 43.4 Å². The molecule has 0 aliphatic carbocycles. The average Bonchev–Trinajstić information content (AvgIpc) is 2.86. The lowest BCUT2D eigenvalue weighted by Crippen LogP contribution is -2.44. The molecule has 1 unspecified atom stereocenters. The molecular formula is C11H19N3O3S2. The minimum absolute atomic E-state index is 0.0181. The molecule has 0 saturated carbocycles. The Morgan fingerprint density at radius 3 is 3.05 bits per heavy atom. The van der Waals surface area contributed by atoms with E-state index in [1.54, 1.807) is 26.9 Å². The first-order chi connectivity index (χ1) is 9.05. The Bertz CT molecular complexity index is 515. The Balaban J connectivity index is 2.16. The molecule has 2 heterocycles. The predicted octanol–water partition coefficient (Wildman–Crippen LogP) is 0.392. The van der Waals surface area contributed by atoms with Crippen LogP contribution in [0.25, 0.3) is 0 Å². The van der Waals surface area contributed by atoms with Gasteiger partial charge in [0.2, 0.25) is 10.0 Å². The summed E-state index contributed by atoms with van der Waals surface area (Å²) in [7, 11) is -3.44. The summed E-state index contributed by atoms with van der Waals surface area (Å²) in [6, 6.07) is 0.0181. The third-order valence-electron chi connectivity index (χ3n) is 3.07. The summed E-state index contributed by atoms with van der Waals surface area (Å²) in [6.07, 6.45) is 3.50. The van der Waals surface area contributed by atoms with Gasteiger partial charge in [-0.3, -0.25) is 4.68 Å². The van der Waals surface area contributed by atoms with Crippen molar-refractivity contribution in [1.82, 2.24) is 14.1 Å². The number of aliphatic hydroxyl groups is 1. The van der Waals surface area contributed by atoms with Gasteiger partial charge < -0.3 is 5.11 Å². The summed E-state index contributed by atoms with van der Waals surface area (Å²) in [5.41, 5.74) is 0. The lowest BCUT2D eigenvalue weighted by Gasteiger charge is -2.31. The molecule has 0 spiro atoms. The fraction of sp³-hybridized carbons (Fsp3) is 0.727. The Kier molecular flexibility index (Phi) is 4.88. The van der Waals surface area contributed by atoms with Crippen molar-refractivity contribution in [3.8, 4) is 0 Å². The van der Waals surface area contributed by atoms with Gasteiger partial charge in [0.15, 0.2) is 0 Å². The maximum Gasteiger partial charge on any atom is 0.246 e. The van der Waals surface area contributed by atoms with Crippen LogP contribution >= 0.6 is 11.8 Å². The maximum absolute atomic E-state index is 12.5. The second-order valence-corrected chi connectivity index (χ2v) is 7.60. The van der Waals surface area contributed by atoms with Crippen LogP contribution in [0.5, 0.6) is 0 Å². The van der Waals surface area contributed by atoms with Crippen LogP contribution in [0.4, 0.5) is 0 Å². The van der Waals surface area contributed by atoms with Gasteiger partial charge in [-0.15, -0.1) is 0 Å². The van der Waals surface area contributed by atoms with Crippen LogP contribution < -0.4 is 0 Å². The molecule has 1 fully saturated rings. The van der Waals surface area contributed by atoms with Crippen LogP contribution in [0.15, 0.2) is 17.3 Å². The van der Waals surface area contributed by atoms with Gasteiger partial charge in [-0.1, -0.05) is 0 Å². The molecule has 1 atom stereocenters. The molecule has 6 nitrogen and oxygen atoms in total. The molecule has 1 aliphatic rings. The van der Waals surface area contributed by atoms with Crippen LogP contribution in [-0.2, 0) is 16.6 Å². The SMILES string of the molecule is CC1CSCCN1S(=O)(=O)c1cnn(CCCO)c1. The number of hydrogen-bond donors (Lipinski definition) is 1. The van der Waals surface area contributed by atoms with Gasteiger partial charge in [0.1, 0.15) is 4.90 Å². The van der Waals surface area contributed by atoms with Crippen LogP contribution in [0.1, 0.15) is 13.3 Å². The highest BCUT2D eigenvalue weighted by atomic mass is 32.2. The minimum Gasteiger partial charge on any atom is -0.396 e. The molecule has 8 heteroatoms. The van der Waals surface area contributed by atoms with E-state index in [4.69, 9.17) is 5.11 Å². The number of rotatable bonds is 5. The predicted molar refractivity (Wildman–Crippen MR) is 74.6 cm³/mol. The van der Waals surface area contributed by atoms with E-state index in [2.05, 4.69) is 5.10 Å². The minimum atomic E-state index is -3.44. The Hall–Kier alpha value is -0.570. The summed E-state index contributed by atoms with van der Waals surface area (Å²) in [4.78, 5) is 0.240. The average molecular weight is 305 g/mol. The molecule has 108 valence electrons. The zero-order valence-electron chi connectivity index (χ0n) is 10.9. The molecular weight excluding hydrogens is 286 g/mol. The zero-order valence-corrected chi connectivity index (χ0v) is 12.5. The molecule has 2 rings (SSSR count). The van der Waals surface area contributed by atoms with Crippen LogP contribution in [0.2, 0.25) is 0 Å². The Morgan fingerprint density at radius 1 is 1.58 bits per heavy atom. The van der Waals surface area contributed by atoms with Crippen molar-refractivity contribution < 1.29 is 13.5 Å². The summed E-state index contributed by atoms with van der Waals surface area (Å²) in [5, 5.41) is 12.8. The summed E-state index contributed by atoms with van der Waals surface area (Å²) in [6.45, 7) is 3.08. The van der Waals surface area contributed by atoms with E-state index in [1.165, 1.54) is 6.20 Å². The lowest BCUT2D eigenvalue weighted by atomic mass is 10.4. The summed E-state index contributed by atoms with van der Waals surface area (Å²) in [5.74, 6) is 1.67. The highest BCUT2D eigenvalue weighted by Gasteiger charge is 2.32. The van der Waals surface area contributed by atoms with Crippen molar-refractivity contribution in [1.29, 1.82) is 0 Å². The molecule has 0 aromatic carbocycles. The van der Waals surface area contributed by atoms with Gasteiger partial charge in [-0.05, 0) is 13.3 Å². The molecule has 1 aliphatic heterocycles. The number of aliphatic hydroxyl groups excluding tert-OH is 1. The van der Waals surface area contributed by atoms with Crippen molar-refractivity contribution >= 4 is 21.8 Å². The maximum atomic E-state index is 12.5. The van der Waals surface area contributed by atoms with Gasteiger partial charge in [-0.2, -0.15) is 21.2 Å². The van der Waals surface area contributed by atoms with E-state index < -0.39 is 10.0 Å². The van der Waals surface area contributed by atoms with E-state index in [0.29, 0.717) is 19.5 Å². The second-order valence-electron chi connectivity index (χ2n) is 4.56. The van der Waals surface area contributed by atoms with Crippen molar-refractivity contribution in [3.63, 3.8) is 0 Å². The van der Waals surface area contributed by atoms with E-state index >= 15 is 0 Å². The van der Waals surface area contributed by atoms with E-state index in [-0.39, 0.29) is 17.5 Å². The van der Waals surface area contributed by atoms with E-state index in [1.807, 2.05) is 6.92 Å². The van der Waals surface area contributed by atoms with Gasteiger partial charge in [0.25, 0.3) is 0 Å². The standard InChI is InChI=1S/C11H19N3O3S2/c1-10-9-18-6-4-14(10)19(16,17)11-7-12-13(8-11)3-2-5-15/h7-8,10,15H,2-6,9H2,1H3. The quantitative estimate of drug-likeness (QED) is 0.852. The number of sulfonamides is 1. The van der Waals surface area contributed by atoms with Crippen LogP contribution in [0, 0.1) is 0 Å². The molecule has 1 aromatic rings. The van der Waals surface area contributed by atoms with E-state index in [0.717, 1.165) is 11.5 Å². The smallest absolute Gasteiger partial charge is 0.246 e. The number of aryl methyl sites for hydroxylation is 1. The largest absolute Gasteiger partial charge is 0.396 e. The second kappa shape index (κ2) is 6.25. The fourth-order valence-corrected chi connectivity index (χ4v) is 4.85. The van der Waals surface area contributed by atoms with Crippen molar-refractivity contribution in [2.45, 2.75) is 30.8 Å². The lowest BCUT2D eigenvalue weighted by molar-refractivity contribution is 0.277. The number of hydrogen-bond acceptors (Lipinski definition) is 5. The molecule has 1 saturated heterocycles. The van der Waals surface area contributed by atoms with Crippen molar-refractivity contribution in [2.24, 2.45) is 0 Å². The summed E-state index contributed by atoms with van der Waals surface area (Å²) < 4.78 is 28.1. The third-order valence-corrected chi connectivity index (χ3v) is 6.22. The highest BCUT2D eigenvalue weighted by Crippen LogP contribution is 2.24. The number of aromatic nitrogens is 2. The Morgan fingerprint density at radius 2 is 2.37 bits per heavy atom. The van der Waals surface area contributed by atoms with Crippen molar-refractivity contribution in [2.75, 3.05) is 24.7 Å². The zero-order chi connectivity index (χ0) is 13.9. The topological polar surface area (TPSA) is 75.4 Å². The molecule has 1 N–H and O–H groups in total. The molecule has 0 amide bonds. The molecule has 0 radical (unpaired) electrons. The third kappa shape index (κ3) is 3.31. The molecule has 1 aromatic heterocycles. The monoisotopic (exact) mass is 305 g/mol. The van der Waals surface area contributed by atoms with Gasteiger partial charge >= 0.3 is 0 Å². The first kappa shape index (κ1) is 14.8. The van der Waals surface area contributed by atoms with Crippen LogP contribution in [0.3, 0.4) is 0 Å². The molecule has 0 bridgehead atoms. The molecule has 19 heavy (non-hydrogen) atoms. The van der Waals surface area contributed by atoms with Crippen LogP contribution in [-0.4, -0.2) is 58.3 Å².